The maximum Gasteiger partial charge on any atom is 0.123 e. The van der Waals surface area contributed by atoms with Crippen molar-refractivity contribution >= 4 is 0 Å². The van der Waals surface area contributed by atoms with Crippen LogP contribution in [0.3, 0.4) is 0 Å². The standard InChI is InChI=1S/C16H25NO/c1-12(2)15-8-7-13(3)10-16(15)18-11-14-6-4-5-9-17-14/h7-8,10,12,14,17H,4-6,9,11H2,1-3H3. The van der Waals surface area contributed by atoms with E-state index in [2.05, 4.69) is 44.3 Å². The summed E-state index contributed by atoms with van der Waals surface area (Å²) in [4.78, 5) is 0. The zero-order valence-electron chi connectivity index (χ0n) is 11.8. The van der Waals surface area contributed by atoms with Gasteiger partial charge in [0.15, 0.2) is 0 Å². The van der Waals surface area contributed by atoms with Crippen molar-refractivity contribution in [3.63, 3.8) is 0 Å². The van der Waals surface area contributed by atoms with Crippen LogP contribution in [-0.2, 0) is 0 Å². The van der Waals surface area contributed by atoms with E-state index in [0.717, 1.165) is 18.9 Å². The van der Waals surface area contributed by atoms with Gasteiger partial charge in [0, 0.05) is 6.04 Å². The van der Waals surface area contributed by atoms with Gasteiger partial charge >= 0.3 is 0 Å². The van der Waals surface area contributed by atoms with Gasteiger partial charge in [0.2, 0.25) is 0 Å². The molecular weight excluding hydrogens is 222 g/mol. The summed E-state index contributed by atoms with van der Waals surface area (Å²) in [7, 11) is 0. The largest absolute Gasteiger partial charge is 0.492 e. The fourth-order valence-electron chi connectivity index (χ4n) is 2.50. The van der Waals surface area contributed by atoms with Gasteiger partial charge in [-0.05, 0) is 49.4 Å². The Morgan fingerprint density at radius 1 is 1.33 bits per heavy atom. The third-order valence-corrected chi connectivity index (χ3v) is 3.64. The van der Waals surface area contributed by atoms with Crippen LogP contribution in [0.25, 0.3) is 0 Å². The van der Waals surface area contributed by atoms with Gasteiger partial charge in [-0.1, -0.05) is 32.4 Å². The maximum absolute atomic E-state index is 6.06. The molecule has 1 aliphatic rings. The molecule has 18 heavy (non-hydrogen) atoms. The molecule has 2 heteroatoms. The van der Waals surface area contributed by atoms with Crippen LogP contribution in [0.4, 0.5) is 0 Å². The third-order valence-electron chi connectivity index (χ3n) is 3.64. The zero-order valence-corrected chi connectivity index (χ0v) is 11.8. The molecule has 100 valence electrons. The van der Waals surface area contributed by atoms with Crippen LogP contribution in [0.2, 0.25) is 0 Å². The van der Waals surface area contributed by atoms with E-state index in [1.165, 1.54) is 30.4 Å². The highest BCUT2D eigenvalue weighted by Crippen LogP contribution is 2.27. The minimum atomic E-state index is 0.514. The Kier molecular flexibility index (Phi) is 4.65. The highest BCUT2D eigenvalue weighted by atomic mass is 16.5. The van der Waals surface area contributed by atoms with Gasteiger partial charge in [-0.2, -0.15) is 0 Å². The van der Waals surface area contributed by atoms with Gasteiger partial charge in [-0.15, -0.1) is 0 Å². The molecule has 1 saturated heterocycles. The first-order valence-electron chi connectivity index (χ1n) is 7.13. The van der Waals surface area contributed by atoms with Crippen molar-refractivity contribution in [3.8, 4) is 5.75 Å². The fraction of sp³-hybridized carbons (Fsp3) is 0.625. The lowest BCUT2D eigenvalue weighted by atomic mass is 10.0. The zero-order chi connectivity index (χ0) is 13.0. The molecule has 2 rings (SSSR count). The number of hydrogen-bond donors (Lipinski definition) is 1. The molecule has 1 heterocycles. The van der Waals surface area contributed by atoms with E-state index in [-0.39, 0.29) is 0 Å². The Morgan fingerprint density at radius 3 is 2.83 bits per heavy atom. The van der Waals surface area contributed by atoms with E-state index in [0.29, 0.717) is 12.0 Å². The predicted octanol–water partition coefficient (Wildman–Crippen LogP) is 3.64. The minimum Gasteiger partial charge on any atom is -0.492 e. The summed E-state index contributed by atoms with van der Waals surface area (Å²) in [5.41, 5.74) is 2.59. The minimum absolute atomic E-state index is 0.514. The Balaban J connectivity index is 2.00. The van der Waals surface area contributed by atoms with Crippen LogP contribution >= 0.6 is 0 Å². The molecule has 1 aromatic rings. The van der Waals surface area contributed by atoms with Crippen LogP contribution in [0.1, 0.15) is 50.2 Å². The highest BCUT2D eigenvalue weighted by Gasteiger charge is 2.14. The number of ether oxygens (including phenoxy) is 1. The summed E-state index contributed by atoms with van der Waals surface area (Å²) in [6.45, 7) is 8.49. The molecule has 0 saturated carbocycles. The molecule has 0 bridgehead atoms. The summed E-state index contributed by atoms with van der Waals surface area (Å²) in [6, 6.07) is 7.06. The molecule has 1 unspecified atom stereocenters. The average molecular weight is 247 g/mol. The molecule has 2 nitrogen and oxygen atoms in total. The van der Waals surface area contributed by atoms with Gasteiger partial charge in [-0.25, -0.2) is 0 Å². The summed E-state index contributed by atoms with van der Waals surface area (Å²) in [5.74, 6) is 1.58. The van der Waals surface area contributed by atoms with Crippen molar-refractivity contribution in [2.24, 2.45) is 0 Å². The van der Waals surface area contributed by atoms with Gasteiger partial charge < -0.3 is 10.1 Å². The molecule has 0 spiro atoms. The van der Waals surface area contributed by atoms with E-state index >= 15 is 0 Å². The summed E-state index contributed by atoms with van der Waals surface area (Å²) in [6.07, 6.45) is 3.87. The lowest BCUT2D eigenvalue weighted by Crippen LogP contribution is -2.38. The van der Waals surface area contributed by atoms with Crippen LogP contribution in [-0.4, -0.2) is 19.2 Å². The van der Waals surface area contributed by atoms with Crippen LogP contribution < -0.4 is 10.1 Å². The Morgan fingerprint density at radius 2 is 2.17 bits per heavy atom. The van der Waals surface area contributed by atoms with Gasteiger partial charge in [0.05, 0.1) is 0 Å². The van der Waals surface area contributed by atoms with Crippen molar-refractivity contribution in [3.05, 3.63) is 29.3 Å². The smallest absolute Gasteiger partial charge is 0.123 e. The summed E-state index contributed by atoms with van der Waals surface area (Å²) < 4.78 is 6.06. The lowest BCUT2D eigenvalue weighted by Gasteiger charge is -2.24. The molecule has 0 amide bonds. The van der Waals surface area contributed by atoms with Gasteiger partial charge in [-0.3, -0.25) is 0 Å². The molecule has 1 aliphatic heterocycles. The predicted molar refractivity (Wildman–Crippen MR) is 76.4 cm³/mol. The SMILES string of the molecule is Cc1ccc(C(C)C)c(OCC2CCCCN2)c1. The molecule has 1 fully saturated rings. The second kappa shape index (κ2) is 6.24. The number of hydrogen-bond acceptors (Lipinski definition) is 2. The van der Waals surface area contributed by atoms with Gasteiger partial charge in [0.1, 0.15) is 12.4 Å². The van der Waals surface area contributed by atoms with Crippen LogP contribution in [0.15, 0.2) is 18.2 Å². The molecule has 1 aromatic carbocycles. The first kappa shape index (κ1) is 13.4. The Labute approximate surface area is 111 Å². The van der Waals surface area contributed by atoms with Crippen molar-refractivity contribution in [2.75, 3.05) is 13.2 Å². The van der Waals surface area contributed by atoms with Crippen molar-refractivity contribution in [2.45, 2.75) is 52.0 Å². The van der Waals surface area contributed by atoms with Crippen molar-refractivity contribution in [1.29, 1.82) is 0 Å². The van der Waals surface area contributed by atoms with Gasteiger partial charge in [0.25, 0.3) is 0 Å². The van der Waals surface area contributed by atoms with Crippen LogP contribution in [0.5, 0.6) is 5.75 Å². The summed E-state index contributed by atoms with van der Waals surface area (Å²) >= 11 is 0. The summed E-state index contributed by atoms with van der Waals surface area (Å²) in [5, 5.41) is 3.53. The Hall–Kier alpha value is -1.02. The van der Waals surface area contributed by atoms with E-state index in [4.69, 9.17) is 4.74 Å². The molecular formula is C16H25NO. The van der Waals surface area contributed by atoms with Crippen molar-refractivity contribution < 1.29 is 4.74 Å². The molecule has 1 N–H and O–H groups in total. The second-order valence-electron chi connectivity index (χ2n) is 5.65. The average Bonchev–Trinajstić information content (AvgIpc) is 2.37. The number of aryl methyl sites for hydroxylation is 1. The highest BCUT2D eigenvalue weighted by molar-refractivity contribution is 5.39. The van der Waals surface area contributed by atoms with E-state index in [1.54, 1.807) is 0 Å². The number of nitrogens with one attached hydrogen (secondary N) is 1. The number of piperidine rings is 1. The third kappa shape index (κ3) is 3.49. The first-order chi connectivity index (χ1) is 8.66. The second-order valence-corrected chi connectivity index (χ2v) is 5.65. The molecule has 0 aromatic heterocycles. The topological polar surface area (TPSA) is 21.3 Å². The molecule has 0 aliphatic carbocycles. The quantitative estimate of drug-likeness (QED) is 0.877. The van der Waals surface area contributed by atoms with Crippen molar-refractivity contribution in [1.82, 2.24) is 5.32 Å². The number of benzene rings is 1. The van der Waals surface area contributed by atoms with E-state index in [9.17, 15) is 0 Å². The lowest BCUT2D eigenvalue weighted by molar-refractivity contribution is 0.236. The normalized spacial score (nSPS) is 20.1. The fourth-order valence-corrected chi connectivity index (χ4v) is 2.50. The Bertz CT molecular complexity index is 381. The molecule has 1 atom stereocenters. The molecule has 0 radical (unpaired) electrons. The monoisotopic (exact) mass is 247 g/mol. The maximum atomic E-state index is 6.06. The number of rotatable bonds is 4. The first-order valence-corrected chi connectivity index (χ1v) is 7.13. The van der Waals surface area contributed by atoms with E-state index < -0.39 is 0 Å². The van der Waals surface area contributed by atoms with E-state index in [1.807, 2.05) is 0 Å². The van der Waals surface area contributed by atoms with Crippen LogP contribution in [0, 0.1) is 6.92 Å².